The minimum atomic E-state index is -0.129. The highest BCUT2D eigenvalue weighted by atomic mass is 16.2. The van der Waals surface area contributed by atoms with Gasteiger partial charge in [-0.05, 0) is 25.0 Å². The van der Waals surface area contributed by atoms with Gasteiger partial charge in [0.25, 0.3) is 5.91 Å². The van der Waals surface area contributed by atoms with Crippen LogP contribution in [0.2, 0.25) is 0 Å². The standard InChI is InChI=1S/C18H28N2O2/c1-3-5-7-8-13-17(21)20-16-12-10-9-11-15(16)18(22)19-14-6-4-2/h9-12H,3-8,13-14H2,1-2H3,(H,19,22)(H,20,21). The van der Waals surface area contributed by atoms with Gasteiger partial charge in [0.1, 0.15) is 0 Å². The second kappa shape index (κ2) is 10.8. The van der Waals surface area contributed by atoms with Crippen LogP contribution in [-0.2, 0) is 4.79 Å². The lowest BCUT2D eigenvalue weighted by Gasteiger charge is -2.11. The Morgan fingerprint density at radius 2 is 1.68 bits per heavy atom. The second-order valence-corrected chi connectivity index (χ2v) is 5.51. The summed E-state index contributed by atoms with van der Waals surface area (Å²) in [6.07, 6.45) is 6.78. The molecular weight excluding hydrogens is 276 g/mol. The van der Waals surface area contributed by atoms with Crippen LogP contribution in [0.5, 0.6) is 0 Å². The smallest absolute Gasteiger partial charge is 0.253 e. The second-order valence-electron chi connectivity index (χ2n) is 5.51. The van der Waals surface area contributed by atoms with Gasteiger partial charge in [0.05, 0.1) is 11.3 Å². The number of anilines is 1. The molecule has 22 heavy (non-hydrogen) atoms. The van der Waals surface area contributed by atoms with Gasteiger partial charge in [0.2, 0.25) is 5.91 Å². The molecule has 2 N–H and O–H groups in total. The average molecular weight is 304 g/mol. The van der Waals surface area contributed by atoms with Gasteiger partial charge in [-0.25, -0.2) is 0 Å². The van der Waals surface area contributed by atoms with Crippen LogP contribution in [0.25, 0.3) is 0 Å². The molecule has 0 radical (unpaired) electrons. The summed E-state index contributed by atoms with van der Waals surface area (Å²) in [5.41, 5.74) is 1.12. The van der Waals surface area contributed by atoms with E-state index in [9.17, 15) is 9.59 Å². The molecule has 0 aliphatic carbocycles. The number of benzene rings is 1. The first-order chi connectivity index (χ1) is 10.7. The number of hydrogen-bond donors (Lipinski definition) is 2. The van der Waals surface area contributed by atoms with Crippen LogP contribution >= 0.6 is 0 Å². The molecular formula is C18H28N2O2. The van der Waals surface area contributed by atoms with Crippen molar-refractivity contribution in [3.63, 3.8) is 0 Å². The molecule has 1 rings (SSSR count). The van der Waals surface area contributed by atoms with E-state index >= 15 is 0 Å². The van der Waals surface area contributed by atoms with E-state index in [0.29, 0.717) is 24.2 Å². The van der Waals surface area contributed by atoms with Gasteiger partial charge in [0.15, 0.2) is 0 Å². The minimum Gasteiger partial charge on any atom is -0.352 e. The Hall–Kier alpha value is -1.84. The zero-order valence-electron chi connectivity index (χ0n) is 13.8. The molecule has 0 unspecified atom stereocenters. The van der Waals surface area contributed by atoms with Crippen molar-refractivity contribution >= 4 is 17.5 Å². The van der Waals surface area contributed by atoms with Crippen molar-refractivity contribution < 1.29 is 9.59 Å². The lowest BCUT2D eigenvalue weighted by Crippen LogP contribution is -2.26. The van der Waals surface area contributed by atoms with Gasteiger partial charge in [-0.2, -0.15) is 0 Å². The molecule has 0 fully saturated rings. The Bertz CT molecular complexity index is 472. The predicted octanol–water partition coefficient (Wildman–Crippen LogP) is 4.13. The monoisotopic (exact) mass is 304 g/mol. The average Bonchev–Trinajstić information content (AvgIpc) is 2.52. The summed E-state index contributed by atoms with van der Waals surface area (Å²) in [7, 11) is 0. The van der Waals surface area contributed by atoms with E-state index < -0.39 is 0 Å². The Labute approximate surface area is 133 Å². The van der Waals surface area contributed by atoms with Gasteiger partial charge in [-0.15, -0.1) is 0 Å². The van der Waals surface area contributed by atoms with E-state index in [0.717, 1.165) is 38.5 Å². The molecule has 0 spiro atoms. The van der Waals surface area contributed by atoms with Gasteiger partial charge < -0.3 is 10.6 Å². The topological polar surface area (TPSA) is 58.2 Å². The molecule has 122 valence electrons. The summed E-state index contributed by atoms with van der Waals surface area (Å²) in [5, 5.41) is 5.74. The number of hydrogen-bond acceptors (Lipinski definition) is 2. The Kier molecular flexibility index (Phi) is 8.96. The normalized spacial score (nSPS) is 10.3. The molecule has 0 heterocycles. The van der Waals surface area contributed by atoms with Gasteiger partial charge in [-0.3, -0.25) is 9.59 Å². The van der Waals surface area contributed by atoms with Crippen LogP contribution in [0.3, 0.4) is 0 Å². The number of nitrogens with one attached hydrogen (secondary N) is 2. The molecule has 0 saturated heterocycles. The minimum absolute atomic E-state index is 0.0232. The molecule has 0 aromatic heterocycles. The molecule has 0 aliphatic rings. The van der Waals surface area contributed by atoms with E-state index in [1.807, 2.05) is 12.1 Å². The number of rotatable bonds is 10. The molecule has 0 aliphatic heterocycles. The SMILES string of the molecule is CCCCCCC(=O)Nc1ccccc1C(=O)NCCCC. The first-order valence-electron chi connectivity index (χ1n) is 8.36. The van der Waals surface area contributed by atoms with Crippen molar-refractivity contribution in [3.8, 4) is 0 Å². The Morgan fingerprint density at radius 1 is 0.955 bits per heavy atom. The van der Waals surface area contributed by atoms with E-state index in [-0.39, 0.29) is 11.8 Å². The molecule has 1 aromatic rings. The fourth-order valence-corrected chi connectivity index (χ4v) is 2.19. The lowest BCUT2D eigenvalue weighted by molar-refractivity contribution is -0.116. The highest BCUT2D eigenvalue weighted by Crippen LogP contribution is 2.16. The molecule has 4 heteroatoms. The van der Waals surface area contributed by atoms with Crippen LogP contribution in [-0.4, -0.2) is 18.4 Å². The third-order valence-corrected chi connectivity index (χ3v) is 3.52. The van der Waals surface area contributed by atoms with Crippen molar-refractivity contribution in [3.05, 3.63) is 29.8 Å². The zero-order chi connectivity index (χ0) is 16.2. The number of unbranched alkanes of at least 4 members (excludes halogenated alkanes) is 4. The summed E-state index contributed by atoms with van der Waals surface area (Å²) in [4.78, 5) is 24.1. The first-order valence-corrected chi connectivity index (χ1v) is 8.36. The number of carbonyl (C=O) groups excluding carboxylic acids is 2. The van der Waals surface area contributed by atoms with Crippen molar-refractivity contribution in [1.29, 1.82) is 0 Å². The summed E-state index contributed by atoms with van der Waals surface area (Å²) >= 11 is 0. The van der Waals surface area contributed by atoms with Crippen LogP contribution < -0.4 is 10.6 Å². The molecule has 4 nitrogen and oxygen atoms in total. The van der Waals surface area contributed by atoms with Gasteiger partial charge in [-0.1, -0.05) is 51.7 Å². The van der Waals surface area contributed by atoms with E-state index in [2.05, 4.69) is 24.5 Å². The maximum absolute atomic E-state index is 12.2. The van der Waals surface area contributed by atoms with Crippen molar-refractivity contribution in [1.82, 2.24) is 5.32 Å². The van der Waals surface area contributed by atoms with Crippen LogP contribution in [0, 0.1) is 0 Å². The van der Waals surface area contributed by atoms with E-state index in [1.54, 1.807) is 12.1 Å². The third-order valence-electron chi connectivity index (χ3n) is 3.52. The summed E-state index contributed by atoms with van der Waals surface area (Å²) in [6, 6.07) is 7.16. The molecule has 0 bridgehead atoms. The molecule has 0 atom stereocenters. The lowest BCUT2D eigenvalue weighted by atomic mass is 10.1. The maximum Gasteiger partial charge on any atom is 0.253 e. The number of carbonyl (C=O) groups is 2. The number of amides is 2. The summed E-state index contributed by atoms with van der Waals surface area (Å²) in [5.74, 6) is -0.153. The predicted molar refractivity (Wildman–Crippen MR) is 91.1 cm³/mol. The Morgan fingerprint density at radius 3 is 2.41 bits per heavy atom. The highest BCUT2D eigenvalue weighted by molar-refractivity contribution is 6.03. The van der Waals surface area contributed by atoms with E-state index in [4.69, 9.17) is 0 Å². The highest BCUT2D eigenvalue weighted by Gasteiger charge is 2.12. The number of para-hydroxylation sites is 1. The fourth-order valence-electron chi connectivity index (χ4n) is 2.19. The third kappa shape index (κ3) is 6.74. The summed E-state index contributed by atoms with van der Waals surface area (Å²) in [6.45, 7) is 4.89. The van der Waals surface area contributed by atoms with Crippen LogP contribution in [0.4, 0.5) is 5.69 Å². The Balaban J connectivity index is 2.55. The summed E-state index contributed by atoms with van der Waals surface area (Å²) < 4.78 is 0. The van der Waals surface area contributed by atoms with Crippen molar-refractivity contribution in [2.45, 2.75) is 58.8 Å². The first kappa shape index (κ1) is 18.2. The van der Waals surface area contributed by atoms with Crippen molar-refractivity contribution in [2.24, 2.45) is 0 Å². The molecule has 2 amide bonds. The van der Waals surface area contributed by atoms with Gasteiger partial charge in [0, 0.05) is 13.0 Å². The van der Waals surface area contributed by atoms with Crippen molar-refractivity contribution in [2.75, 3.05) is 11.9 Å². The van der Waals surface area contributed by atoms with E-state index in [1.165, 1.54) is 0 Å². The molecule has 0 saturated carbocycles. The van der Waals surface area contributed by atoms with Crippen LogP contribution in [0.15, 0.2) is 24.3 Å². The van der Waals surface area contributed by atoms with Gasteiger partial charge >= 0.3 is 0 Å². The fraction of sp³-hybridized carbons (Fsp3) is 0.556. The maximum atomic E-state index is 12.2. The quantitative estimate of drug-likeness (QED) is 0.639. The zero-order valence-corrected chi connectivity index (χ0v) is 13.8. The largest absolute Gasteiger partial charge is 0.352 e. The molecule has 1 aromatic carbocycles. The van der Waals surface area contributed by atoms with Crippen LogP contribution in [0.1, 0.15) is 69.2 Å².